The Labute approximate surface area is 191 Å². The van der Waals surface area contributed by atoms with Crippen molar-refractivity contribution in [3.8, 4) is 17.6 Å². The SMILES string of the molecule is Cc1ccc(C(=O)c2cccn2CC#Cc2cccc(OCC(=O)[O-])c2)cc1.[Na+]. The minimum atomic E-state index is -1.28. The Bertz CT molecular complexity index is 1060. The molecule has 0 N–H and O–H groups in total. The molecule has 140 valence electrons. The first-order valence-corrected chi connectivity index (χ1v) is 8.71. The predicted molar refractivity (Wildman–Crippen MR) is 103 cm³/mol. The Morgan fingerprint density at radius 1 is 1.07 bits per heavy atom. The zero-order valence-electron chi connectivity index (χ0n) is 16.3. The topological polar surface area (TPSA) is 71.4 Å². The number of nitrogens with zero attached hydrogens (tertiary/aromatic N) is 1. The molecule has 0 bridgehead atoms. The van der Waals surface area contributed by atoms with Crippen molar-refractivity contribution in [3.63, 3.8) is 0 Å². The van der Waals surface area contributed by atoms with Gasteiger partial charge in [0.15, 0.2) is 0 Å². The Morgan fingerprint density at radius 2 is 1.83 bits per heavy atom. The number of carbonyl (C=O) groups excluding carboxylic acids is 2. The summed E-state index contributed by atoms with van der Waals surface area (Å²) < 4.78 is 6.89. The van der Waals surface area contributed by atoms with Gasteiger partial charge in [-0.15, -0.1) is 0 Å². The van der Waals surface area contributed by atoms with Gasteiger partial charge in [0.25, 0.3) is 0 Å². The van der Waals surface area contributed by atoms with Crippen LogP contribution in [0.3, 0.4) is 0 Å². The normalized spacial score (nSPS) is 9.69. The van der Waals surface area contributed by atoms with Gasteiger partial charge in [-0.1, -0.05) is 47.7 Å². The number of hydrogen-bond acceptors (Lipinski definition) is 4. The summed E-state index contributed by atoms with van der Waals surface area (Å²) in [4.78, 5) is 23.2. The molecule has 0 aliphatic carbocycles. The van der Waals surface area contributed by atoms with Crippen molar-refractivity contribution in [2.24, 2.45) is 0 Å². The quantitative estimate of drug-likeness (QED) is 0.312. The van der Waals surface area contributed by atoms with Gasteiger partial charge in [0.2, 0.25) is 5.78 Å². The average molecular weight is 395 g/mol. The summed E-state index contributed by atoms with van der Waals surface area (Å²) in [7, 11) is 0. The summed E-state index contributed by atoms with van der Waals surface area (Å²) >= 11 is 0. The number of carbonyl (C=O) groups is 2. The second-order valence-corrected chi connectivity index (χ2v) is 6.21. The fourth-order valence-corrected chi connectivity index (χ4v) is 2.64. The molecule has 29 heavy (non-hydrogen) atoms. The minimum absolute atomic E-state index is 0. The van der Waals surface area contributed by atoms with E-state index < -0.39 is 12.6 Å². The largest absolute Gasteiger partial charge is 1.00 e. The van der Waals surface area contributed by atoms with Gasteiger partial charge < -0.3 is 19.2 Å². The summed E-state index contributed by atoms with van der Waals surface area (Å²) in [6, 6.07) is 17.9. The van der Waals surface area contributed by atoms with Crippen molar-refractivity contribution < 1.29 is 49.0 Å². The maximum atomic E-state index is 12.7. The third-order valence-corrected chi connectivity index (χ3v) is 4.05. The zero-order valence-corrected chi connectivity index (χ0v) is 18.3. The molecule has 5 nitrogen and oxygen atoms in total. The number of carboxylic acids is 1. The molecule has 6 heteroatoms. The molecule has 0 saturated heterocycles. The van der Waals surface area contributed by atoms with E-state index in [1.54, 1.807) is 34.9 Å². The van der Waals surface area contributed by atoms with Gasteiger partial charge in [-0.05, 0) is 37.3 Å². The molecule has 1 aromatic heterocycles. The number of aliphatic carboxylic acids is 1. The fraction of sp³-hybridized carbons (Fsp3) is 0.130. The van der Waals surface area contributed by atoms with Crippen LogP contribution < -0.4 is 39.4 Å². The second-order valence-electron chi connectivity index (χ2n) is 6.21. The van der Waals surface area contributed by atoms with E-state index in [4.69, 9.17) is 4.74 Å². The van der Waals surface area contributed by atoms with E-state index in [1.807, 2.05) is 43.5 Å². The van der Waals surface area contributed by atoms with Crippen LogP contribution in [0.15, 0.2) is 66.9 Å². The number of benzene rings is 2. The van der Waals surface area contributed by atoms with Gasteiger partial charge >= 0.3 is 29.6 Å². The van der Waals surface area contributed by atoms with Gasteiger partial charge in [-0.3, -0.25) is 4.79 Å². The van der Waals surface area contributed by atoms with Crippen LogP contribution in [0.1, 0.15) is 27.2 Å². The summed E-state index contributed by atoms with van der Waals surface area (Å²) in [5.41, 5.74) is 3.00. The summed E-state index contributed by atoms with van der Waals surface area (Å²) in [6.45, 7) is 1.82. The number of carboxylic acid groups (broad SMARTS) is 1. The van der Waals surface area contributed by atoms with Gasteiger partial charge in [0.1, 0.15) is 12.4 Å². The first-order chi connectivity index (χ1) is 13.5. The number of ketones is 1. The van der Waals surface area contributed by atoms with Crippen LogP contribution in [0, 0.1) is 18.8 Å². The first-order valence-electron chi connectivity index (χ1n) is 8.71. The molecule has 0 radical (unpaired) electrons. The molecule has 0 fully saturated rings. The zero-order chi connectivity index (χ0) is 19.9. The van der Waals surface area contributed by atoms with E-state index in [-0.39, 0.29) is 35.3 Å². The second kappa shape index (κ2) is 10.7. The van der Waals surface area contributed by atoms with Gasteiger partial charge in [0.05, 0.1) is 18.2 Å². The third-order valence-electron chi connectivity index (χ3n) is 4.05. The molecule has 0 aliphatic rings. The molecule has 0 spiro atoms. The van der Waals surface area contributed by atoms with Crippen molar-refractivity contribution in [3.05, 3.63) is 89.2 Å². The molecule has 3 rings (SSSR count). The number of aromatic nitrogens is 1. The van der Waals surface area contributed by atoms with Crippen LogP contribution >= 0.6 is 0 Å². The van der Waals surface area contributed by atoms with E-state index in [9.17, 15) is 14.7 Å². The maximum Gasteiger partial charge on any atom is 1.00 e. The molecule has 0 aliphatic heterocycles. The van der Waals surface area contributed by atoms with Crippen molar-refractivity contribution in [2.75, 3.05) is 6.61 Å². The molecule has 0 saturated carbocycles. The van der Waals surface area contributed by atoms with Crippen LogP contribution in [0.4, 0.5) is 0 Å². The molecule has 0 atom stereocenters. The standard InChI is InChI=1S/C23H19NO4.Na/c1-17-9-11-19(12-10-17)23(27)21-8-4-14-24(21)13-3-6-18-5-2-7-20(15-18)28-16-22(25)26;/h2,4-5,7-12,14-15H,13,16H2,1H3,(H,25,26);/q;+1/p-1. The smallest absolute Gasteiger partial charge is 0.546 e. The third kappa shape index (κ3) is 6.37. The Balaban J connectivity index is 0.00000300. The molecule has 0 amide bonds. The summed E-state index contributed by atoms with van der Waals surface area (Å²) in [6.07, 6.45) is 1.81. The molecule has 2 aromatic carbocycles. The predicted octanol–water partition coefficient (Wildman–Crippen LogP) is -0.788. The Morgan fingerprint density at radius 3 is 2.55 bits per heavy atom. The monoisotopic (exact) mass is 395 g/mol. The van der Waals surface area contributed by atoms with Crippen LogP contribution in [0.2, 0.25) is 0 Å². The molecule has 1 heterocycles. The van der Waals surface area contributed by atoms with Crippen molar-refractivity contribution >= 4 is 11.8 Å². The Kier molecular flexibility index (Phi) is 8.29. The van der Waals surface area contributed by atoms with E-state index in [2.05, 4.69) is 11.8 Å². The number of ether oxygens (including phenoxy) is 1. The van der Waals surface area contributed by atoms with Gasteiger partial charge in [-0.2, -0.15) is 0 Å². The van der Waals surface area contributed by atoms with Crippen LogP contribution in [-0.4, -0.2) is 22.9 Å². The van der Waals surface area contributed by atoms with E-state index >= 15 is 0 Å². The van der Waals surface area contributed by atoms with Crippen LogP contribution in [0.5, 0.6) is 5.75 Å². The molecule has 0 unspecified atom stereocenters. The van der Waals surface area contributed by atoms with Crippen LogP contribution in [-0.2, 0) is 11.3 Å². The Hall–Kier alpha value is -2.78. The van der Waals surface area contributed by atoms with Crippen molar-refractivity contribution in [1.82, 2.24) is 4.57 Å². The van der Waals surface area contributed by atoms with Crippen molar-refractivity contribution in [1.29, 1.82) is 0 Å². The minimum Gasteiger partial charge on any atom is -0.546 e. The first kappa shape index (κ1) is 22.5. The summed E-state index contributed by atoms with van der Waals surface area (Å²) in [5, 5.41) is 10.5. The maximum absolute atomic E-state index is 12.7. The van der Waals surface area contributed by atoms with Gasteiger partial charge in [-0.25, -0.2) is 0 Å². The van der Waals surface area contributed by atoms with E-state index in [0.29, 0.717) is 29.1 Å². The summed E-state index contributed by atoms with van der Waals surface area (Å²) in [5.74, 6) is 5.10. The molecule has 3 aromatic rings. The number of hydrogen-bond donors (Lipinski definition) is 0. The average Bonchev–Trinajstić information content (AvgIpc) is 3.15. The number of aryl methyl sites for hydroxylation is 1. The number of rotatable bonds is 6. The van der Waals surface area contributed by atoms with E-state index in [0.717, 1.165) is 5.56 Å². The van der Waals surface area contributed by atoms with E-state index in [1.165, 1.54) is 0 Å². The molecular weight excluding hydrogens is 377 g/mol. The van der Waals surface area contributed by atoms with Crippen LogP contribution in [0.25, 0.3) is 0 Å². The molecular formula is C23H18NNaO4. The van der Waals surface area contributed by atoms with Crippen molar-refractivity contribution in [2.45, 2.75) is 13.5 Å². The van der Waals surface area contributed by atoms with Gasteiger partial charge in [0, 0.05) is 17.3 Å². The fourth-order valence-electron chi connectivity index (χ4n) is 2.64.